The van der Waals surface area contributed by atoms with Gasteiger partial charge in [-0.05, 0) is 59.5 Å². The number of carbonyl (C=O) groups is 2. The number of imide groups is 1. The van der Waals surface area contributed by atoms with Crippen molar-refractivity contribution in [3.8, 4) is 0 Å². The number of carbonyl (C=O) groups excluding carboxylic acids is 1. The molecule has 2 rings (SSSR count). The maximum absolute atomic E-state index is 12.8. The fourth-order valence-corrected chi connectivity index (χ4v) is 4.00. The van der Waals surface area contributed by atoms with E-state index in [-0.39, 0.29) is 6.04 Å². The summed E-state index contributed by atoms with van der Waals surface area (Å²) in [5, 5.41) is 9.47. The molecular formula is C17H31N3O3. The molecule has 0 radical (unpaired) electrons. The molecule has 0 aromatic rings. The first-order chi connectivity index (χ1) is 10.7. The fraction of sp³-hybridized carbons (Fsp3) is 0.882. The molecule has 1 aliphatic carbocycles. The van der Waals surface area contributed by atoms with E-state index in [1.165, 1.54) is 19.3 Å². The van der Waals surface area contributed by atoms with Crippen LogP contribution in [0.3, 0.4) is 0 Å². The maximum atomic E-state index is 12.8. The van der Waals surface area contributed by atoms with Gasteiger partial charge in [0.05, 0.1) is 0 Å². The van der Waals surface area contributed by atoms with Gasteiger partial charge in [-0.3, -0.25) is 4.90 Å². The van der Waals surface area contributed by atoms with Gasteiger partial charge < -0.3 is 10.0 Å². The van der Waals surface area contributed by atoms with Crippen molar-refractivity contribution in [2.24, 2.45) is 0 Å². The Balaban J connectivity index is 2.16. The van der Waals surface area contributed by atoms with E-state index in [1.807, 2.05) is 0 Å². The standard InChI is InChI=1S/C17H31N3O3/c1-17(2,3)20(16(22)23)15(21)18(4)13-9-5-6-10-14(13)19-11-7-8-12-19/h13-14H,5-12H2,1-4H3,(H,22,23). The summed E-state index contributed by atoms with van der Waals surface area (Å²) in [7, 11) is 1.77. The van der Waals surface area contributed by atoms with E-state index in [1.54, 1.807) is 32.7 Å². The molecule has 1 saturated carbocycles. The third-order valence-electron chi connectivity index (χ3n) is 5.16. The predicted molar refractivity (Wildman–Crippen MR) is 89.6 cm³/mol. The van der Waals surface area contributed by atoms with Gasteiger partial charge in [0.25, 0.3) is 0 Å². The molecule has 2 unspecified atom stereocenters. The van der Waals surface area contributed by atoms with Crippen LogP contribution in [-0.2, 0) is 0 Å². The van der Waals surface area contributed by atoms with Crippen LogP contribution in [0.4, 0.5) is 9.59 Å². The first kappa shape index (κ1) is 18.0. The Hall–Kier alpha value is -1.30. The van der Waals surface area contributed by atoms with Gasteiger partial charge in [-0.2, -0.15) is 0 Å². The van der Waals surface area contributed by atoms with Gasteiger partial charge in [0.1, 0.15) is 0 Å². The second-order valence-electron chi connectivity index (χ2n) is 7.84. The fourth-order valence-electron chi connectivity index (χ4n) is 4.00. The number of carboxylic acid groups (broad SMARTS) is 1. The molecule has 1 N–H and O–H groups in total. The number of rotatable bonds is 2. The van der Waals surface area contributed by atoms with E-state index in [0.717, 1.165) is 37.3 Å². The van der Waals surface area contributed by atoms with Crippen molar-refractivity contribution in [2.45, 2.75) is 76.9 Å². The van der Waals surface area contributed by atoms with Gasteiger partial charge in [0, 0.05) is 24.7 Å². The summed E-state index contributed by atoms with van der Waals surface area (Å²) in [4.78, 5) is 29.6. The van der Waals surface area contributed by atoms with E-state index in [2.05, 4.69) is 4.90 Å². The molecular weight excluding hydrogens is 294 g/mol. The zero-order valence-electron chi connectivity index (χ0n) is 14.9. The Labute approximate surface area is 139 Å². The summed E-state index contributed by atoms with van der Waals surface area (Å²) in [6.45, 7) is 7.47. The average molecular weight is 325 g/mol. The van der Waals surface area contributed by atoms with Crippen molar-refractivity contribution in [1.29, 1.82) is 0 Å². The van der Waals surface area contributed by atoms with Gasteiger partial charge in [-0.25, -0.2) is 14.5 Å². The smallest absolute Gasteiger partial charge is 0.416 e. The summed E-state index contributed by atoms with van der Waals surface area (Å²) in [6, 6.07) is 0.0791. The Morgan fingerprint density at radius 1 is 1.04 bits per heavy atom. The van der Waals surface area contributed by atoms with Gasteiger partial charge in [0.2, 0.25) is 0 Å². The number of hydrogen-bond donors (Lipinski definition) is 1. The Kier molecular flexibility index (Phi) is 5.55. The Bertz CT molecular complexity index is 441. The van der Waals surface area contributed by atoms with Crippen molar-refractivity contribution < 1.29 is 14.7 Å². The Morgan fingerprint density at radius 3 is 2.13 bits per heavy atom. The van der Waals surface area contributed by atoms with Gasteiger partial charge >= 0.3 is 12.1 Å². The lowest BCUT2D eigenvalue weighted by atomic mass is 9.88. The van der Waals surface area contributed by atoms with Gasteiger partial charge in [0.15, 0.2) is 0 Å². The molecule has 1 heterocycles. The Morgan fingerprint density at radius 2 is 1.61 bits per heavy atom. The van der Waals surface area contributed by atoms with Crippen LogP contribution in [0.15, 0.2) is 0 Å². The zero-order chi connectivity index (χ0) is 17.2. The van der Waals surface area contributed by atoms with Crippen molar-refractivity contribution in [3.05, 3.63) is 0 Å². The predicted octanol–water partition coefficient (Wildman–Crippen LogP) is 3.22. The monoisotopic (exact) mass is 325 g/mol. The highest BCUT2D eigenvalue weighted by Crippen LogP contribution is 2.30. The van der Waals surface area contributed by atoms with Gasteiger partial charge in [-0.15, -0.1) is 0 Å². The summed E-state index contributed by atoms with van der Waals surface area (Å²) in [6.07, 6.45) is 5.64. The van der Waals surface area contributed by atoms with E-state index >= 15 is 0 Å². The van der Waals surface area contributed by atoms with Crippen molar-refractivity contribution >= 4 is 12.1 Å². The van der Waals surface area contributed by atoms with Crippen LogP contribution in [-0.4, -0.2) is 69.7 Å². The molecule has 2 fully saturated rings. The normalized spacial score (nSPS) is 26.1. The summed E-state index contributed by atoms with van der Waals surface area (Å²) in [5.74, 6) is 0. The first-order valence-corrected chi connectivity index (χ1v) is 8.77. The second kappa shape index (κ2) is 7.07. The maximum Gasteiger partial charge on any atom is 0.416 e. The van der Waals surface area contributed by atoms with E-state index in [0.29, 0.717) is 6.04 Å². The zero-order valence-corrected chi connectivity index (χ0v) is 14.9. The molecule has 0 bridgehead atoms. The molecule has 1 saturated heterocycles. The lowest BCUT2D eigenvalue weighted by molar-refractivity contribution is 0.0590. The van der Waals surface area contributed by atoms with Crippen molar-refractivity contribution in [1.82, 2.24) is 14.7 Å². The first-order valence-electron chi connectivity index (χ1n) is 8.77. The van der Waals surface area contributed by atoms with Crippen LogP contribution in [0.2, 0.25) is 0 Å². The SMILES string of the molecule is CN(C(=O)N(C(=O)O)C(C)(C)C)C1CCCCC1N1CCCC1. The van der Waals surface area contributed by atoms with Crippen LogP contribution >= 0.6 is 0 Å². The lowest BCUT2D eigenvalue weighted by Crippen LogP contribution is -2.59. The molecule has 0 aromatic carbocycles. The molecule has 0 spiro atoms. The van der Waals surface area contributed by atoms with Crippen LogP contribution < -0.4 is 0 Å². The molecule has 2 aliphatic rings. The highest BCUT2D eigenvalue weighted by Gasteiger charge is 2.40. The van der Waals surface area contributed by atoms with E-state index < -0.39 is 17.7 Å². The summed E-state index contributed by atoms with van der Waals surface area (Å²) >= 11 is 0. The second-order valence-corrected chi connectivity index (χ2v) is 7.84. The van der Waals surface area contributed by atoms with Crippen LogP contribution in [0.25, 0.3) is 0 Å². The van der Waals surface area contributed by atoms with Crippen LogP contribution in [0.5, 0.6) is 0 Å². The van der Waals surface area contributed by atoms with Crippen molar-refractivity contribution in [3.63, 3.8) is 0 Å². The minimum atomic E-state index is -1.18. The molecule has 6 nitrogen and oxygen atoms in total. The number of urea groups is 1. The van der Waals surface area contributed by atoms with Crippen molar-refractivity contribution in [2.75, 3.05) is 20.1 Å². The van der Waals surface area contributed by atoms with E-state index in [9.17, 15) is 14.7 Å². The molecule has 3 amide bonds. The van der Waals surface area contributed by atoms with Crippen LogP contribution in [0.1, 0.15) is 59.3 Å². The highest BCUT2D eigenvalue weighted by molar-refractivity contribution is 5.91. The topological polar surface area (TPSA) is 64.1 Å². The van der Waals surface area contributed by atoms with Gasteiger partial charge in [-0.1, -0.05) is 12.8 Å². The van der Waals surface area contributed by atoms with Crippen LogP contribution in [0, 0.1) is 0 Å². The quantitative estimate of drug-likeness (QED) is 0.846. The number of hydrogen-bond acceptors (Lipinski definition) is 3. The highest BCUT2D eigenvalue weighted by atomic mass is 16.4. The van der Waals surface area contributed by atoms with E-state index in [4.69, 9.17) is 0 Å². The number of likely N-dealkylation sites (N-methyl/N-ethyl adjacent to an activating group) is 1. The largest absolute Gasteiger partial charge is 0.465 e. The summed E-state index contributed by atoms with van der Waals surface area (Å²) in [5.41, 5.74) is -0.741. The third-order valence-corrected chi connectivity index (χ3v) is 5.16. The molecule has 2 atom stereocenters. The molecule has 6 heteroatoms. The number of amides is 3. The minimum absolute atomic E-state index is 0.110. The lowest BCUT2D eigenvalue weighted by Gasteiger charge is -2.44. The molecule has 23 heavy (non-hydrogen) atoms. The molecule has 0 aromatic heterocycles. The molecule has 1 aliphatic heterocycles. The number of nitrogens with zero attached hydrogens (tertiary/aromatic N) is 3. The molecule has 132 valence electrons. The summed E-state index contributed by atoms with van der Waals surface area (Å²) < 4.78 is 0. The average Bonchev–Trinajstić information content (AvgIpc) is 2.98. The third kappa shape index (κ3) is 3.97. The minimum Gasteiger partial charge on any atom is -0.465 e. The number of likely N-dealkylation sites (tertiary alicyclic amines) is 1.